The molecule has 0 aliphatic heterocycles. The molecular weight excluding hydrogens is 372 g/mol. The number of carbonyl (C=O) groups is 2. The summed E-state index contributed by atoms with van der Waals surface area (Å²) in [6.07, 6.45) is 6.07. The van der Waals surface area contributed by atoms with Crippen molar-refractivity contribution in [1.82, 2.24) is 0 Å². The van der Waals surface area contributed by atoms with E-state index in [4.69, 9.17) is 0 Å². The fourth-order valence-electron chi connectivity index (χ4n) is 1.04. The van der Waals surface area contributed by atoms with Gasteiger partial charge in [-0.3, -0.25) is 0 Å². The number of aliphatic carboxylic acids is 2. The second-order valence-electron chi connectivity index (χ2n) is 4.01. The molecule has 0 saturated carbocycles. The number of carboxylic acid groups (broad SMARTS) is 2. The predicted molar refractivity (Wildman–Crippen MR) is 68.8 cm³/mol. The Morgan fingerprint density at radius 3 is 1.21 bits per heavy atom. The second kappa shape index (κ2) is 23.4. The molecule has 5 heteroatoms. The zero-order valence-corrected chi connectivity index (χ0v) is 15.6. The Labute approximate surface area is 144 Å². The van der Waals surface area contributed by atoms with Crippen LogP contribution in [0.25, 0.3) is 0 Å². The molecule has 111 valence electrons. The molecule has 19 heavy (non-hydrogen) atoms. The maximum atomic E-state index is 9.76. The Morgan fingerprint density at radius 2 is 1.05 bits per heavy atom. The molecule has 4 nitrogen and oxygen atoms in total. The van der Waals surface area contributed by atoms with Gasteiger partial charge in [0.1, 0.15) is 0 Å². The van der Waals surface area contributed by atoms with Gasteiger partial charge in [-0.1, -0.05) is 39.5 Å². The summed E-state index contributed by atoms with van der Waals surface area (Å²) in [7, 11) is 0. The number of carbonyl (C=O) groups excluding carboxylic acids is 2. The second-order valence-corrected chi connectivity index (χ2v) is 6.23. The molecule has 0 saturated heterocycles. The van der Waals surface area contributed by atoms with Crippen LogP contribution in [0.15, 0.2) is 0 Å². The van der Waals surface area contributed by atoms with Crippen LogP contribution in [0.4, 0.5) is 0 Å². The fourth-order valence-corrected chi connectivity index (χ4v) is 1.04. The molecule has 0 spiro atoms. The zero-order valence-electron chi connectivity index (χ0n) is 12.5. The van der Waals surface area contributed by atoms with Crippen molar-refractivity contribution in [2.45, 2.75) is 74.1 Å². The number of carboxylic acids is 2. The van der Waals surface area contributed by atoms with Gasteiger partial charge in [-0.25, -0.2) is 0 Å². The van der Waals surface area contributed by atoms with E-state index in [0.717, 1.165) is 38.5 Å². The van der Waals surface area contributed by atoms with E-state index in [0.29, 0.717) is 0 Å². The minimum atomic E-state index is -0.932. The number of hydrogen-bond donors (Lipinski definition) is 0. The van der Waals surface area contributed by atoms with Crippen molar-refractivity contribution in [2.24, 2.45) is 0 Å². The number of unbranched alkanes of at least 4 members (excludes halogenated alkanes) is 4. The first-order chi connectivity index (χ1) is 8.95. The minimum absolute atomic E-state index is 0.216. The average molecular weight is 399 g/mol. The Bertz CT molecular complexity index is 176. The first-order valence-corrected chi connectivity index (χ1v) is 9.22. The van der Waals surface area contributed by atoms with Gasteiger partial charge < -0.3 is 19.8 Å². The summed E-state index contributed by atoms with van der Waals surface area (Å²) >= 11 is 1.37. The standard InChI is InChI=1S/2C6H12O2.C2H5.Ce/c2*1-2-3-4-5-6(7)8;1-2;/h2*2-5H2,1H3,(H,7,8);1H2,2H3;/q;;;+2/p-2. The van der Waals surface area contributed by atoms with E-state index < -0.39 is 11.9 Å². The van der Waals surface area contributed by atoms with Gasteiger partial charge in [0.05, 0.1) is 0 Å². The molecule has 0 aliphatic carbocycles. The van der Waals surface area contributed by atoms with Crippen molar-refractivity contribution in [2.75, 3.05) is 0 Å². The predicted octanol–water partition coefficient (Wildman–Crippen LogP) is 1.61. The molecule has 0 aromatic carbocycles. The SMILES string of the molecule is CCCCCC(=O)[O-].CCCCCC(=O)[O-].C[CH2][Ce+2]. The molecule has 0 fully saturated rings. The van der Waals surface area contributed by atoms with Crippen LogP contribution in [-0.4, -0.2) is 11.9 Å². The van der Waals surface area contributed by atoms with Crippen LogP contribution in [0, 0.1) is 39.6 Å². The Kier molecular flexibility index (Phi) is 30.0. The van der Waals surface area contributed by atoms with Crippen molar-refractivity contribution in [1.29, 1.82) is 0 Å². The molecule has 0 atom stereocenters. The van der Waals surface area contributed by atoms with Gasteiger partial charge in [-0.15, -0.1) is 0 Å². The number of rotatable bonds is 8. The molecule has 0 bridgehead atoms. The molecule has 0 aromatic rings. The average Bonchev–Trinajstić information content (AvgIpc) is 2.31. The molecule has 0 unspecified atom stereocenters. The summed E-state index contributed by atoms with van der Waals surface area (Å²) in [5, 5.41) is 19.5. The van der Waals surface area contributed by atoms with E-state index in [1.165, 1.54) is 41.6 Å². The first-order valence-electron chi connectivity index (χ1n) is 7.00. The zero-order chi connectivity index (χ0) is 15.5. The summed E-state index contributed by atoms with van der Waals surface area (Å²) < 4.78 is 1.39. The van der Waals surface area contributed by atoms with Crippen molar-refractivity contribution in [3.05, 3.63) is 0 Å². The third-order valence-corrected chi connectivity index (χ3v) is 1.97. The molecule has 0 aromatic heterocycles. The Balaban J connectivity index is -0.000000224. The van der Waals surface area contributed by atoms with E-state index in [-0.39, 0.29) is 12.8 Å². The monoisotopic (exact) mass is 399 g/mol. The van der Waals surface area contributed by atoms with E-state index in [1.54, 1.807) is 0 Å². The molecular formula is C14H27CeO4. The van der Waals surface area contributed by atoms with Gasteiger partial charge in [-0.2, -0.15) is 0 Å². The molecule has 0 radical (unpaired) electrons. The van der Waals surface area contributed by atoms with Gasteiger partial charge >= 0.3 is 48.5 Å². The molecule has 0 aliphatic rings. The summed E-state index contributed by atoms with van der Waals surface area (Å²) in [6.45, 7) is 6.26. The van der Waals surface area contributed by atoms with Gasteiger partial charge in [0.2, 0.25) is 0 Å². The fraction of sp³-hybridized carbons (Fsp3) is 0.857. The van der Waals surface area contributed by atoms with Crippen LogP contribution >= 0.6 is 0 Å². The molecule has 0 rings (SSSR count). The summed E-state index contributed by atoms with van der Waals surface area (Å²) in [5.41, 5.74) is 0. The van der Waals surface area contributed by atoms with E-state index in [2.05, 4.69) is 6.92 Å². The van der Waals surface area contributed by atoms with Crippen molar-refractivity contribution >= 4 is 11.9 Å². The quantitative estimate of drug-likeness (QED) is 0.581. The van der Waals surface area contributed by atoms with E-state index in [9.17, 15) is 19.8 Å². The van der Waals surface area contributed by atoms with Gasteiger partial charge in [0.15, 0.2) is 0 Å². The first kappa shape index (κ1) is 24.3. The van der Waals surface area contributed by atoms with Gasteiger partial charge in [-0.05, 0) is 25.7 Å². The third-order valence-electron chi connectivity index (χ3n) is 1.97. The van der Waals surface area contributed by atoms with E-state index in [1.807, 2.05) is 13.8 Å². The van der Waals surface area contributed by atoms with Crippen molar-refractivity contribution in [3.63, 3.8) is 0 Å². The topological polar surface area (TPSA) is 80.3 Å². The molecule has 0 N–H and O–H groups in total. The van der Waals surface area contributed by atoms with Crippen LogP contribution in [0.2, 0.25) is 1.94 Å². The Hall–Kier alpha value is 0.317. The van der Waals surface area contributed by atoms with Gasteiger partial charge in [0, 0.05) is 11.9 Å². The molecule has 0 amide bonds. The molecule has 0 heterocycles. The van der Waals surface area contributed by atoms with Crippen LogP contribution in [0.1, 0.15) is 72.1 Å². The maximum absolute atomic E-state index is 9.76. The van der Waals surface area contributed by atoms with Gasteiger partial charge in [0.25, 0.3) is 0 Å². The summed E-state index contributed by atoms with van der Waals surface area (Å²) in [4.78, 5) is 19.5. The van der Waals surface area contributed by atoms with Crippen molar-refractivity contribution in [3.8, 4) is 0 Å². The van der Waals surface area contributed by atoms with Crippen LogP contribution < -0.4 is 10.2 Å². The summed E-state index contributed by atoms with van der Waals surface area (Å²) in [5.74, 6) is -1.86. The Morgan fingerprint density at radius 1 is 0.789 bits per heavy atom. The number of hydrogen-bond acceptors (Lipinski definition) is 4. The van der Waals surface area contributed by atoms with E-state index >= 15 is 0 Å². The van der Waals surface area contributed by atoms with Crippen LogP contribution in [-0.2, 0) is 9.59 Å². The van der Waals surface area contributed by atoms with Crippen LogP contribution in [0.3, 0.4) is 0 Å². The van der Waals surface area contributed by atoms with Crippen molar-refractivity contribution < 1.29 is 59.5 Å². The normalized spacial score (nSPS) is 8.68. The third kappa shape index (κ3) is 45.8. The van der Waals surface area contributed by atoms with Crippen LogP contribution in [0.5, 0.6) is 0 Å². The summed E-state index contributed by atoms with van der Waals surface area (Å²) in [6, 6.07) is 0.